The normalized spacial score (nSPS) is 10.5. The monoisotopic (exact) mass is 245 g/mol. The Kier molecular flexibility index (Phi) is 3.33. The largest absolute Gasteiger partial charge is 0.343 e. The summed E-state index contributed by atoms with van der Waals surface area (Å²) < 4.78 is 0.663. The van der Waals surface area contributed by atoms with Crippen molar-refractivity contribution in [2.75, 3.05) is 0 Å². The number of aromatic nitrogens is 3. The van der Waals surface area contributed by atoms with E-state index in [1.54, 1.807) is 0 Å². The van der Waals surface area contributed by atoms with Crippen LogP contribution in [0.5, 0.6) is 0 Å². The van der Waals surface area contributed by atoms with Gasteiger partial charge in [0.25, 0.3) is 0 Å². The molecule has 0 saturated heterocycles. The average Bonchev–Trinajstić information content (AvgIpc) is 2.34. The second-order valence-electron chi connectivity index (χ2n) is 4.03. The van der Waals surface area contributed by atoms with Gasteiger partial charge >= 0.3 is 0 Å². The minimum atomic E-state index is 0.663. The molecule has 3 nitrogen and oxygen atoms in total. The lowest BCUT2D eigenvalue weighted by molar-refractivity contribution is 0.925. The van der Waals surface area contributed by atoms with E-state index in [4.69, 9.17) is 12.2 Å². The van der Waals surface area contributed by atoms with Crippen LogP contribution in [0.15, 0.2) is 18.3 Å². The van der Waals surface area contributed by atoms with Gasteiger partial charge in [0.1, 0.15) is 10.5 Å². The Labute approximate surface area is 106 Å². The van der Waals surface area contributed by atoms with Crippen molar-refractivity contribution in [1.82, 2.24) is 15.0 Å². The molecule has 17 heavy (non-hydrogen) atoms. The van der Waals surface area contributed by atoms with Gasteiger partial charge in [-0.15, -0.1) is 0 Å². The fraction of sp³-hybridized carbons (Fsp3) is 0.308. The first-order chi connectivity index (χ1) is 8.11. The van der Waals surface area contributed by atoms with E-state index >= 15 is 0 Å². The highest BCUT2D eigenvalue weighted by atomic mass is 32.1. The van der Waals surface area contributed by atoms with Crippen molar-refractivity contribution in [2.45, 2.75) is 27.2 Å². The molecule has 2 aromatic rings. The molecule has 0 aliphatic rings. The molecule has 0 aliphatic carbocycles. The molecule has 2 aromatic heterocycles. The van der Waals surface area contributed by atoms with Gasteiger partial charge in [-0.1, -0.05) is 19.1 Å². The van der Waals surface area contributed by atoms with Gasteiger partial charge in [-0.05, 0) is 26.0 Å². The average molecular weight is 245 g/mol. The van der Waals surface area contributed by atoms with Gasteiger partial charge in [0.05, 0.1) is 5.69 Å². The maximum atomic E-state index is 5.27. The lowest BCUT2D eigenvalue weighted by Crippen LogP contribution is -1.99. The topological polar surface area (TPSA) is 41.6 Å². The summed E-state index contributed by atoms with van der Waals surface area (Å²) in [6, 6.07) is 4.05. The van der Waals surface area contributed by atoms with Crippen LogP contribution >= 0.6 is 12.2 Å². The summed E-state index contributed by atoms with van der Waals surface area (Å²) in [6.07, 6.45) is 2.71. The molecular formula is C13H15N3S. The second-order valence-corrected chi connectivity index (χ2v) is 4.42. The number of nitrogens with one attached hydrogen (secondary N) is 1. The van der Waals surface area contributed by atoms with E-state index in [9.17, 15) is 0 Å². The van der Waals surface area contributed by atoms with Crippen LogP contribution in [-0.2, 0) is 6.42 Å². The predicted octanol–water partition coefficient (Wildman–Crippen LogP) is 3.38. The van der Waals surface area contributed by atoms with Gasteiger partial charge in [-0.2, -0.15) is 0 Å². The third-order valence-corrected chi connectivity index (χ3v) is 3.13. The number of hydrogen-bond acceptors (Lipinski definition) is 3. The van der Waals surface area contributed by atoms with E-state index in [1.165, 1.54) is 0 Å². The van der Waals surface area contributed by atoms with Gasteiger partial charge in [0, 0.05) is 29.4 Å². The molecule has 0 amide bonds. The van der Waals surface area contributed by atoms with E-state index in [-0.39, 0.29) is 0 Å². The zero-order valence-electron chi connectivity index (χ0n) is 10.2. The van der Waals surface area contributed by atoms with Gasteiger partial charge in [-0.3, -0.25) is 4.98 Å². The molecule has 0 aromatic carbocycles. The van der Waals surface area contributed by atoms with E-state index in [2.05, 4.69) is 27.9 Å². The van der Waals surface area contributed by atoms with Crippen LogP contribution in [-0.4, -0.2) is 15.0 Å². The summed E-state index contributed by atoms with van der Waals surface area (Å²) in [5, 5.41) is 0. The minimum absolute atomic E-state index is 0.663. The van der Waals surface area contributed by atoms with Crippen LogP contribution < -0.4 is 0 Å². The fourth-order valence-corrected chi connectivity index (χ4v) is 1.86. The highest BCUT2D eigenvalue weighted by Crippen LogP contribution is 2.21. The summed E-state index contributed by atoms with van der Waals surface area (Å²) in [5.41, 5.74) is 4.09. The maximum Gasteiger partial charge on any atom is 0.133 e. The van der Waals surface area contributed by atoms with Crippen LogP contribution in [0.25, 0.3) is 11.3 Å². The first-order valence-electron chi connectivity index (χ1n) is 5.64. The molecule has 2 heterocycles. The molecule has 0 unspecified atom stereocenters. The van der Waals surface area contributed by atoms with Crippen molar-refractivity contribution in [3.8, 4) is 11.3 Å². The summed E-state index contributed by atoms with van der Waals surface area (Å²) in [5.74, 6) is 0.913. The Balaban J connectivity index is 2.62. The number of aromatic amines is 1. The second kappa shape index (κ2) is 4.75. The molecular weight excluding hydrogens is 230 g/mol. The highest BCUT2D eigenvalue weighted by molar-refractivity contribution is 7.71. The van der Waals surface area contributed by atoms with E-state index < -0.39 is 0 Å². The number of pyridine rings is 1. The van der Waals surface area contributed by atoms with Gasteiger partial charge < -0.3 is 4.98 Å². The molecule has 0 saturated carbocycles. The molecule has 0 fully saturated rings. The lowest BCUT2D eigenvalue weighted by atomic mass is 10.1. The molecule has 1 N–H and O–H groups in total. The van der Waals surface area contributed by atoms with E-state index in [0.29, 0.717) is 4.64 Å². The number of rotatable bonds is 2. The smallest absolute Gasteiger partial charge is 0.133 e. The van der Waals surface area contributed by atoms with Gasteiger partial charge in [-0.25, -0.2) is 4.98 Å². The molecule has 0 aliphatic heterocycles. The number of hydrogen-bond donors (Lipinski definition) is 1. The first kappa shape index (κ1) is 11.9. The Morgan fingerprint density at radius 2 is 2.06 bits per heavy atom. The minimum Gasteiger partial charge on any atom is -0.343 e. The maximum absolute atomic E-state index is 5.27. The van der Waals surface area contributed by atoms with Crippen LogP contribution in [0.1, 0.15) is 24.0 Å². The molecule has 0 atom stereocenters. The van der Waals surface area contributed by atoms with Crippen molar-refractivity contribution in [2.24, 2.45) is 0 Å². The van der Waals surface area contributed by atoms with Crippen molar-refractivity contribution in [3.05, 3.63) is 40.1 Å². The van der Waals surface area contributed by atoms with Gasteiger partial charge in [0.2, 0.25) is 0 Å². The number of aryl methyl sites for hydroxylation is 2. The summed E-state index contributed by atoms with van der Waals surface area (Å²) in [7, 11) is 0. The van der Waals surface area contributed by atoms with Gasteiger partial charge in [0.15, 0.2) is 0 Å². The quantitative estimate of drug-likeness (QED) is 0.825. The summed E-state index contributed by atoms with van der Waals surface area (Å²) in [4.78, 5) is 12.0. The molecule has 4 heteroatoms. The molecule has 88 valence electrons. The third kappa shape index (κ3) is 2.42. The first-order valence-corrected chi connectivity index (χ1v) is 6.05. The van der Waals surface area contributed by atoms with Crippen LogP contribution in [0.3, 0.4) is 0 Å². The lowest BCUT2D eigenvalue weighted by Gasteiger charge is -2.08. The van der Waals surface area contributed by atoms with E-state index in [1.807, 2.05) is 26.1 Å². The Bertz CT molecular complexity index is 585. The zero-order valence-corrected chi connectivity index (χ0v) is 11.1. The summed E-state index contributed by atoms with van der Waals surface area (Å²) in [6.45, 7) is 6.02. The molecule has 0 spiro atoms. The Hall–Kier alpha value is -1.55. The zero-order chi connectivity index (χ0) is 12.4. The summed E-state index contributed by atoms with van der Waals surface area (Å²) >= 11 is 5.27. The van der Waals surface area contributed by atoms with Crippen molar-refractivity contribution < 1.29 is 0 Å². The van der Waals surface area contributed by atoms with Crippen LogP contribution in [0, 0.1) is 18.5 Å². The molecule has 0 bridgehead atoms. The van der Waals surface area contributed by atoms with Crippen molar-refractivity contribution >= 4 is 12.2 Å². The number of nitrogens with zero attached hydrogens (tertiary/aromatic N) is 2. The third-order valence-electron chi connectivity index (χ3n) is 2.74. The molecule has 0 radical (unpaired) electrons. The van der Waals surface area contributed by atoms with Crippen LogP contribution in [0.4, 0.5) is 0 Å². The SMILES string of the molecule is CCc1nc(=S)c(C)c(-c2ccc(C)nc2)[nH]1. The fourth-order valence-electron chi connectivity index (χ4n) is 1.65. The Morgan fingerprint density at radius 1 is 1.29 bits per heavy atom. The van der Waals surface area contributed by atoms with E-state index in [0.717, 1.165) is 34.8 Å². The van der Waals surface area contributed by atoms with Crippen molar-refractivity contribution in [3.63, 3.8) is 0 Å². The predicted molar refractivity (Wildman–Crippen MR) is 71.5 cm³/mol. The highest BCUT2D eigenvalue weighted by Gasteiger charge is 2.06. The van der Waals surface area contributed by atoms with Crippen LogP contribution in [0.2, 0.25) is 0 Å². The number of H-pyrrole nitrogens is 1. The Morgan fingerprint density at radius 3 is 2.65 bits per heavy atom. The van der Waals surface area contributed by atoms with Crippen molar-refractivity contribution in [1.29, 1.82) is 0 Å². The standard InChI is InChI=1S/C13H15N3S/c1-4-11-15-12(9(3)13(17)16-11)10-6-5-8(2)14-7-10/h5-7H,4H2,1-3H3,(H,15,16,17). The molecule has 2 rings (SSSR count).